The molecule has 1 atom stereocenters. The molecule has 0 aliphatic heterocycles. The molecule has 3 aromatic rings. The van der Waals surface area contributed by atoms with Crippen molar-refractivity contribution in [3.05, 3.63) is 35.9 Å². The van der Waals surface area contributed by atoms with Gasteiger partial charge in [-0.1, -0.05) is 67.3 Å². The average Bonchev–Trinajstić information content (AvgIpc) is 3.20. The Balaban J connectivity index is 1.80. The Kier molecular flexibility index (Phi) is 9.94. The molecule has 174 valence electrons. The third kappa shape index (κ3) is 7.56. The topological polar surface area (TPSA) is 112 Å². The Labute approximate surface area is 196 Å². The van der Waals surface area contributed by atoms with Gasteiger partial charge in [0.05, 0.1) is 32.5 Å². The number of anilines is 2. The summed E-state index contributed by atoms with van der Waals surface area (Å²) < 4.78 is 6.15. The largest absolute Gasteiger partial charge is 0.394 e. The van der Waals surface area contributed by atoms with Crippen LogP contribution in [0.3, 0.4) is 0 Å². The average molecular weight is 478 g/mol. The lowest BCUT2D eigenvalue weighted by molar-refractivity contribution is 0.0992. The summed E-state index contributed by atoms with van der Waals surface area (Å²) in [5.41, 5.74) is 1.83. The van der Waals surface area contributed by atoms with Crippen molar-refractivity contribution >= 4 is 44.4 Å². The fourth-order valence-corrected chi connectivity index (χ4v) is 4.78. The molecule has 3 rings (SSSR count). The number of thioether (sulfide) groups is 1. The molecule has 0 saturated heterocycles. The van der Waals surface area contributed by atoms with Crippen LogP contribution in [0.1, 0.15) is 25.8 Å². The summed E-state index contributed by atoms with van der Waals surface area (Å²) >= 11 is 3.04. The van der Waals surface area contributed by atoms with Crippen LogP contribution in [0, 0.1) is 5.92 Å². The van der Waals surface area contributed by atoms with E-state index in [-0.39, 0.29) is 19.3 Å². The molecule has 0 aliphatic carbocycles. The number of aromatic nitrogens is 3. The van der Waals surface area contributed by atoms with E-state index in [0.717, 1.165) is 22.0 Å². The van der Waals surface area contributed by atoms with E-state index in [1.165, 1.54) is 16.9 Å². The highest BCUT2D eigenvalue weighted by atomic mass is 32.2. The van der Waals surface area contributed by atoms with Crippen molar-refractivity contribution in [2.75, 3.05) is 43.6 Å². The highest BCUT2D eigenvalue weighted by Crippen LogP contribution is 2.33. The van der Waals surface area contributed by atoms with E-state index in [1.54, 1.807) is 11.8 Å². The van der Waals surface area contributed by atoms with Gasteiger partial charge in [0, 0.05) is 12.3 Å². The molecule has 0 fully saturated rings. The number of benzene rings is 1. The van der Waals surface area contributed by atoms with Crippen LogP contribution >= 0.6 is 23.1 Å². The van der Waals surface area contributed by atoms with Crippen molar-refractivity contribution in [2.24, 2.45) is 5.92 Å². The minimum absolute atomic E-state index is 0.0115. The lowest BCUT2D eigenvalue weighted by atomic mass is 10.0. The summed E-state index contributed by atoms with van der Waals surface area (Å²) in [4.78, 5) is 14.1. The van der Waals surface area contributed by atoms with Gasteiger partial charge in [-0.15, -0.1) is 0 Å². The van der Waals surface area contributed by atoms with E-state index >= 15 is 0 Å². The number of rotatable bonds is 14. The molecule has 4 N–H and O–H groups in total. The number of hydrogen-bond acceptors (Lipinski definition) is 10. The molecule has 0 saturated carbocycles. The number of ether oxygens (including phenoxy) is 1. The van der Waals surface area contributed by atoms with E-state index in [0.29, 0.717) is 42.3 Å². The molecule has 8 nitrogen and oxygen atoms in total. The van der Waals surface area contributed by atoms with Crippen LogP contribution in [-0.2, 0) is 10.5 Å². The molecule has 0 radical (unpaired) electrons. The highest BCUT2D eigenvalue weighted by molar-refractivity contribution is 7.98. The fourth-order valence-electron chi connectivity index (χ4n) is 3.10. The zero-order valence-corrected chi connectivity index (χ0v) is 20.1. The van der Waals surface area contributed by atoms with Gasteiger partial charge in [0.1, 0.15) is 4.70 Å². The van der Waals surface area contributed by atoms with Gasteiger partial charge in [-0.3, -0.25) is 0 Å². The summed E-state index contributed by atoms with van der Waals surface area (Å²) in [7, 11) is 0. The van der Waals surface area contributed by atoms with Crippen LogP contribution in [0.5, 0.6) is 0 Å². The van der Waals surface area contributed by atoms with E-state index < -0.39 is 0 Å². The quantitative estimate of drug-likeness (QED) is 0.157. The summed E-state index contributed by atoms with van der Waals surface area (Å²) in [5.74, 6) is 1.91. The zero-order chi connectivity index (χ0) is 22.8. The number of hydrogen-bond donors (Lipinski definition) is 4. The first-order chi connectivity index (χ1) is 15.6. The highest BCUT2D eigenvalue weighted by Gasteiger charge is 2.18. The number of nitrogens with one attached hydrogen (secondary N) is 2. The third-order valence-electron chi connectivity index (χ3n) is 4.52. The van der Waals surface area contributed by atoms with Gasteiger partial charge in [-0.05, 0) is 17.9 Å². The van der Waals surface area contributed by atoms with E-state index in [2.05, 4.69) is 46.6 Å². The van der Waals surface area contributed by atoms with E-state index in [1.807, 2.05) is 18.2 Å². The van der Waals surface area contributed by atoms with Crippen LogP contribution in [0.4, 0.5) is 10.9 Å². The second-order valence-corrected chi connectivity index (χ2v) is 9.66. The number of fused-ring (bicyclic) bond motifs is 1. The molecule has 0 unspecified atom stereocenters. The molecule has 0 bridgehead atoms. The van der Waals surface area contributed by atoms with Crippen molar-refractivity contribution in [1.29, 1.82) is 0 Å². The maximum Gasteiger partial charge on any atom is 0.191 e. The van der Waals surface area contributed by atoms with Crippen LogP contribution in [0.15, 0.2) is 35.5 Å². The Morgan fingerprint density at radius 3 is 2.62 bits per heavy atom. The first kappa shape index (κ1) is 24.7. The second-order valence-electron chi connectivity index (χ2n) is 7.72. The van der Waals surface area contributed by atoms with Gasteiger partial charge < -0.3 is 25.6 Å². The van der Waals surface area contributed by atoms with Crippen LogP contribution in [-0.4, -0.2) is 64.2 Å². The van der Waals surface area contributed by atoms with Crippen molar-refractivity contribution in [3.63, 3.8) is 0 Å². The third-order valence-corrected chi connectivity index (χ3v) is 6.45. The van der Waals surface area contributed by atoms with Gasteiger partial charge in [0.15, 0.2) is 21.8 Å². The minimum Gasteiger partial charge on any atom is -0.394 e. The standard InChI is InChI=1S/C22H31N5O3S2/c1-15(2)12-17(13-29)24-19-18-20(25-21(32-18)23-8-10-30-11-9-28)27-22(26-19)31-14-16-6-4-3-5-7-16/h3-7,15,17,28-29H,8-14H2,1-2H3,(H2,23,24,25,26,27)/t17-/m1/s1. The maximum atomic E-state index is 9.85. The molecular weight excluding hydrogens is 446 g/mol. The number of aliphatic hydroxyl groups is 2. The van der Waals surface area contributed by atoms with Gasteiger partial charge >= 0.3 is 0 Å². The Hall–Kier alpha value is -1.98. The van der Waals surface area contributed by atoms with E-state index in [4.69, 9.17) is 14.8 Å². The van der Waals surface area contributed by atoms with Gasteiger partial charge in [0.25, 0.3) is 0 Å². The minimum atomic E-state index is -0.0922. The van der Waals surface area contributed by atoms with Crippen molar-refractivity contribution in [3.8, 4) is 0 Å². The van der Waals surface area contributed by atoms with Gasteiger partial charge in [-0.25, -0.2) is 9.97 Å². The fraction of sp³-hybridized carbons (Fsp3) is 0.500. The molecule has 2 aromatic heterocycles. The molecular formula is C22H31N5O3S2. The smallest absolute Gasteiger partial charge is 0.191 e. The van der Waals surface area contributed by atoms with Crippen LogP contribution in [0.2, 0.25) is 0 Å². The Morgan fingerprint density at radius 1 is 1.09 bits per heavy atom. The molecule has 0 spiro atoms. The Bertz CT molecular complexity index is 955. The molecule has 10 heteroatoms. The van der Waals surface area contributed by atoms with Crippen LogP contribution < -0.4 is 10.6 Å². The lowest BCUT2D eigenvalue weighted by Crippen LogP contribution is -2.26. The van der Waals surface area contributed by atoms with Crippen molar-refractivity contribution < 1.29 is 14.9 Å². The normalized spacial score (nSPS) is 12.4. The van der Waals surface area contributed by atoms with Crippen molar-refractivity contribution in [1.82, 2.24) is 15.0 Å². The SMILES string of the molecule is CC(C)C[C@H](CO)Nc1nc(SCc2ccccc2)nc2nc(NCCOCCO)sc12. The first-order valence-corrected chi connectivity index (χ1v) is 12.5. The maximum absolute atomic E-state index is 9.85. The molecule has 1 aromatic carbocycles. The lowest BCUT2D eigenvalue weighted by Gasteiger charge is -2.19. The summed E-state index contributed by atoms with van der Waals surface area (Å²) in [6, 6.07) is 10.1. The molecule has 0 aliphatic rings. The summed E-state index contributed by atoms with van der Waals surface area (Å²) in [5, 5.41) is 26.7. The predicted molar refractivity (Wildman–Crippen MR) is 132 cm³/mol. The first-order valence-electron chi connectivity index (χ1n) is 10.7. The number of thiazole rings is 1. The van der Waals surface area contributed by atoms with Gasteiger partial charge in [0.2, 0.25) is 0 Å². The Morgan fingerprint density at radius 2 is 1.91 bits per heavy atom. The van der Waals surface area contributed by atoms with Crippen molar-refractivity contribution in [2.45, 2.75) is 37.2 Å². The zero-order valence-electron chi connectivity index (χ0n) is 18.5. The number of nitrogens with zero attached hydrogens (tertiary/aromatic N) is 3. The van der Waals surface area contributed by atoms with E-state index in [9.17, 15) is 5.11 Å². The monoisotopic (exact) mass is 477 g/mol. The summed E-state index contributed by atoms with van der Waals surface area (Å²) in [6.45, 7) is 5.69. The molecule has 2 heterocycles. The molecule has 0 amide bonds. The van der Waals surface area contributed by atoms with Gasteiger partial charge in [-0.2, -0.15) is 4.98 Å². The number of aliphatic hydroxyl groups excluding tert-OH is 2. The van der Waals surface area contributed by atoms with Crippen LogP contribution in [0.25, 0.3) is 10.3 Å². The predicted octanol–water partition coefficient (Wildman–Crippen LogP) is 3.62. The second kappa shape index (κ2) is 12.9. The molecule has 32 heavy (non-hydrogen) atoms. The summed E-state index contributed by atoms with van der Waals surface area (Å²) in [6.07, 6.45) is 0.834.